The maximum atomic E-state index is 14.0. The van der Waals surface area contributed by atoms with Gasteiger partial charge in [0.1, 0.15) is 27.7 Å². The molecule has 4 rings (SSSR count). The van der Waals surface area contributed by atoms with E-state index in [-0.39, 0.29) is 11.7 Å². The molecule has 2 aromatic heterocycles. The number of anilines is 2. The highest BCUT2D eigenvalue weighted by Gasteiger charge is 2.31. The van der Waals surface area contributed by atoms with E-state index in [4.69, 9.17) is 4.74 Å². The van der Waals surface area contributed by atoms with E-state index in [1.807, 2.05) is 6.92 Å². The number of esters is 1. The Balaban J connectivity index is 1.62. The first-order valence-corrected chi connectivity index (χ1v) is 10.9. The number of nitrogens with one attached hydrogen (secondary N) is 1. The Bertz CT molecular complexity index is 1110. The van der Waals surface area contributed by atoms with E-state index < -0.39 is 18.2 Å². The molecular weight excluding hydrogens is 421 g/mol. The van der Waals surface area contributed by atoms with Crippen LogP contribution in [0.3, 0.4) is 0 Å². The predicted octanol–water partition coefficient (Wildman–Crippen LogP) is 3.73. The van der Waals surface area contributed by atoms with Crippen molar-refractivity contribution in [2.24, 2.45) is 5.92 Å². The van der Waals surface area contributed by atoms with E-state index in [1.165, 1.54) is 36.9 Å². The van der Waals surface area contributed by atoms with E-state index in [0.29, 0.717) is 40.5 Å². The fourth-order valence-corrected chi connectivity index (χ4v) is 5.23. The number of aliphatic hydroxyl groups excluding tert-OH is 2. The van der Waals surface area contributed by atoms with Crippen molar-refractivity contribution in [1.29, 1.82) is 0 Å². The molecule has 3 N–H and O–H groups in total. The second kappa shape index (κ2) is 8.86. The lowest BCUT2D eigenvalue weighted by Crippen LogP contribution is -2.17. The van der Waals surface area contributed by atoms with Gasteiger partial charge in [0, 0.05) is 5.69 Å². The lowest BCUT2D eigenvalue weighted by Gasteiger charge is -2.15. The smallest absolute Gasteiger partial charge is 0.348 e. The molecule has 0 spiro atoms. The van der Waals surface area contributed by atoms with E-state index >= 15 is 0 Å². The second-order valence-electron chi connectivity index (χ2n) is 7.89. The van der Waals surface area contributed by atoms with Gasteiger partial charge in [-0.3, -0.25) is 0 Å². The van der Waals surface area contributed by atoms with E-state index in [2.05, 4.69) is 15.3 Å². The summed E-state index contributed by atoms with van der Waals surface area (Å²) in [6, 6.07) is 4.54. The summed E-state index contributed by atoms with van der Waals surface area (Å²) in [7, 11) is 1.34. The lowest BCUT2D eigenvalue weighted by molar-refractivity contribution is 0.0438. The van der Waals surface area contributed by atoms with Gasteiger partial charge in [-0.15, -0.1) is 11.3 Å². The minimum Gasteiger partial charge on any atom is -0.465 e. The number of nitrogens with zero attached hydrogens (tertiary/aromatic N) is 2. The third-order valence-electron chi connectivity index (χ3n) is 5.83. The number of benzene rings is 1. The Morgan fingerprint density at radius 2 is 2.03 bits per heavy atom. The van der Waals surface area contributed by atoms with Gasteiger partial charge in [0.25, 0.3) is 0 Å². The zero-order chi connectivity index (χ0) is 22.1. The average molecular weight is 446 g/mol. The molecule has 1 saturated carbocycles. The van der Waals surface area contributed by atoms with Crippen molar-refractivity contribution in [3.8, 4) is 0 Å². The molecule has 1 aromatic carbocycles. The first-order chi connectivity index (χ1) is 14.9. The van der Waals surface area contributed by atoms with Crippen LogP contribution in [-0.4, -0.2) is 45.5 Å². The number of carbonyl (C=O) groups excluding carboxylic acids is 1. The van der Waals surface area contributed by atoms with Crippen molar-refractivity contribution in [3.63, 3.8) is 0 Å². The van der Waals surface area contributed by atoms with Gasteiger partial charge in [-0.25, -0.2) is 19.2 Å². The topological polar surface area (TPSA) is 105 Å². The Morgan fingerprint density at radius 3 is 2.74 bits per heavy atom. The number of carbonyl (C=O) groups is 1. The molecule has 1 aliphatic carbocycles. The third kappa shape index (κ3) is 4.39. The number of aliphatic hydroxyl groups is 2. The van der Waals surface area contributed by atoms with Crippen LogP contribution in [0.4, 0.5) is 15.9 Å². The molecule has 164 valence electrons. The van der Waals surface area contributed by atoms with Crippen LogP contribution in [-0.2, 0) is 11.2 Å². The molecule has 0 saturated heterocycles. The quantitative estimate of drug-likeness (QED) is 0.497. The molecule has 2 unspecified atom stereocenters. The van der Waals surface area contributed by atoms with Crippen LogP contribution < -0.4 is 5.32 Å². The molecule has 3 atom stereocenters. The molecule has 9 heteroatoms. The number of hydrogen-bond acceptors (Lipinski definition) is 8. The van der Waals surface area contributed by atoms with Crippen LogP contribution >= 0.6 is 11.3 Å². The Hall–Kier alpha value is -2.62. The molecular formula is C22H24FN3O4S. The van der Waals surface area contributed by atoms with Crippen molar-refractivity contribution in [2.45, 2.75) is 44.8 Å². The predicted molar refractivity (Wildman–Crippen MR) is 116 cm³/mol. The zero-order valence-electron chi connectivity index (χ0n) is 17.3. The first-order valence-electron chi connectivity index (χ1n) is 10.1. The molecule has 0 bridgehead atoms. The maximum Gasteiger partial charge on any atom is 0.348 e. The van der Waals surface area contributed by atoms with E-state index in [0.717, 1.165) is 22.9 Å². The SMILES string of the molecule is COC(=O)c1sc2ncnc(Nc3ccc(F)cc3CCC3CC(O)[C@@H](O)C3)c2c1C. The van der Waals surface area contributed by atoms with Crippen LogP contribution in [0.2, 0.25) is 0 Å². The number of aryl methyl sites for hydroxylation is 2. The summed E-state index contributed by atoms with van der Waals surface area (Å²) in [5.74, 6) is -0.0310. The summed E-state index contributed by atoms with van der Waals surface area (Å²) >= 11 is 1.24. The van der Waals surface area contributed by atoms with Gasteiger partial charge >= 0.3 is 5.97 Å². The van der Waals surface area contributed by atoms with Crippen molar-refractivity contribution in [1.82, 2.24) is 9.97 Å². The second-order valence-corrected chi connectivity index (χ2v) is 8.89. The minimum absolute atomic E-state index is 0.189. The zero-order valence-corrected chi connectivity index (χ0v) is 18.1. The van der Waals surface area contributed by atoms with Crippen molar-refractivity contribution >= 4 is 39.0 Å². The van der Waals surface area contributed by atoms with Gasteiger partial charge in [0.15, 0.2) is 0 Å². The third-order valence-corrected chi connectivity index (χ3v) is 7.01. The average Bonchev–Trinajstić information content (AvgIpc) is 3.26. The summed E-state index contributed by atoms with van der Waals surface area (Å²) in [5.41, 5.74) is 2.22. The molecule has 1 aliphatic rings. The van der Waals surface area contributed by atoms with Crippen LogP contribution in [0.15, 0.2) is 24.5 Å². The standard InChI is InChI=1S/C22H24FN3O4S/c1-11-18-20(24-10-25-21(18)31-19(11)22(29)30-2)26-15-6-5-14(23)9-13(15)4-3-12-7-16(27)17(28)8-12/h5-6,9-10,12,16-17,27-28H,3-4,7-8H2,1-2H3,(H,24,25,26)/t12?,16-,17?/m0/s1. The summed E-state index contributed by atoms with van der Waals surface area (Å²) in [6.45, 7) is 1.82. The molecule has 31 heavy (non-hydrogen) atoms. The molecule has 2 heterocycles. The number of rotatable bonds is 6. The summed E-state index contributed by atoms with van der Waals surface area (Å²) in [4.78, 5) is 21.8. The molecule has 7 nitrogen and oxygen atoms in total. The largest absolute Gasteiger partial charge is 0.465 e. The minimum atomic E-state index is -0.685. The first kappa shape index (κ1) is 21.6. The number of thiophene rings is 1. The van der Waals surface area contributed by atoms with Crippen molar-refractivity contribution < 1.29 is 24.1 Å². The van der Waals surface area contributed by atoms with Gasteiger partial charge in [-0.05, 0) is 67.9 Å². The molecule has 0 radical (unpaired) electrons. The fraction of sp³-hybridized carbons (Fsp3) is 0.409. The number of fused-ring (bicyclic) bond motifs is 1. The van der Waals surface area contributed by atoms with Crippen LogP contribution in [0.1, 0.15) is 40.1 Å². The maximum absolute atomic E-state index is 14.0. The molecule has 0 aliphatic heterocycles. The summed E-state index contributed by atoms with van der Waals surface area (Å²) in [5, 5.41) is 23.6. The van der Waals surface area contributed by atoms with Gasteiger partial charge in [-0.2, -0.15) is 0 Å². The monoisotopic (exact) mass is 445 g/mol. The van der Waals surface area contributed by atoms with Crippen LogP contribution in [0.5, 0.6) is 0 Å². The van der Waals surface area contributed by atoms with E-state index in [9.17, 15) is 19.4 Å². The highest BCUT2D eigenvalue weighted by molar-refractivity contribution is 7.20. The summed E-state index contributed by atoms with van der Waals surface area (Å²) < 4.78 is 18.8. The molecule has 1 fully saturated rings. The Kier molecular flexibility index (Phi) is 6.17. The van der Waals surface area contributed by atoms with E-state index in [1.54, 1.807) is 6.07 Å². The molecule has 0 amide bonds. The van der Waals surface area contributed by atoms with Gasteiger partial charge in [-0.1, -0.05) is 0 Å². The number of hydrogen-bond donors (Lipinski definition) is 3. The normalized spacial score (nSPS) is 20.9. The van der Waals surface area contributed by atoms with Crippen LogP contribution in [0, 0.1) is 18.7 Å². The number of aromatic nitrogens is 2. The number of methoxy groups -OCH3 is 1. The Morgan fingerprint density at radius 1 is 1.29 bits per heavy atom. The fourth-order valence-electron chi connectivity index (χ4n) is 4.16. The number of halogens is 1. The highest BCUT2D eigenvalue weighted by Crippen LogP contribution is 2.36. The van der Waals surface area contributed by atoms with Gasteiger partial charge in [0.05, 0.1) is 24.7 Å². The number of ether oxygens (including phenoxy) is 1. The van der Waals surface area contributed by atoms with Crippen LogP contribution in [0.25, 0.3) is 10.2 Å². The van der Waals surface area contributed by atoms with Gasteiger partial charge < -0.3 is 20.3 Å². The molecule has 3 aromatic rings. The van der Waals surface area contributed by atoms with Crippen molar-refractivity contribution in [3.05, 3.63) is 46.3 Å². The lowest BCUT2D eigenvalue weighted by atomic mass is 9.97. The van der Waals surface area contributed by atoms with Gasteiger partial charge in [0.2, 0.25) is 0 Å². The van der Waals surface area contributed by atoms with Crippen molar-refractivity contribution in [2.75, 3.05) is 12.4 Å². The summed E-state index contributed by atoms with van der Waals surface area (Å²) in [6.07, 6.45) is 2.48. The Labute approximate surface area is 182 Å². The highest BCUT2D eigenvalue weighted by atomic mass is 32.1.